The topological polar surface area (TPSA) is 59.8 Å². The van der Waals surface area contributed by atoms with Gasteiger partial charge in [0.15, 0.2) is 0 Å². The van der Waals surface area contributed by atoms with Crippen LogP contribution < -0.4 is 10.2 Å². The van der Waals surface area contributed by atoms with E-state index in [9.17, 15) is 9.59 Å². The highest BCUT2D eigenvalue weighted by atomic mass is 32.1. The van der Waals surface area contributed by atoms with E-state index < -0.39 is 0 Å². The maximum absolute atomic E-state index is 12.4. The zero-order valence-electron chi connectivity index (χ0n) is 13.8. The van der Waals surface area contributed by atoms with Crippen molar-refractivity contribution < 1.29 is 19.2 Å². The van der Waals surface area contributed by atoms with Gasteiger partial charge in [-0.05, 0) is 24.6 Å². The fourth-order valence-corrected chi connectivity index (χ4v) is 4.31. The lowest BCUT2D eigenvalue weighted by atomic mass is 10.0. The molecule has 24 heavy (non-hydrogen) atoms. The van der Waals surface area contributed by atoms with Crippen LogP contribution in [0.25, 0.3) is 0 Å². The van der Waals surface area contributed by atoms with Crippen LogP contribution in [-0.2, 0) is 17.7 Å². The van der Waals surface area contributed by atoms with Gasteiger partial charge in [0.25, 0.3) is 5.91 Å². The van der Waals surface area contributed by atoms with Crippen LogP contribution in [0.1, 0.15) is 38.1 Å². The molecule has 1 atom stereocenters. The van der Waals surface area contributed by atoms with Gasteiger partial charge in [0.05, 0.1) is 30.6 Å². The van der Waals surface area contributed by atoms with E-state index in [1.807, 2.05) is 18.2 Å². The zero-order chi connectivity index (χ0) is 17.1. The first-order chi connectivity index (χ1) is 11.6. The van der Waals surface area contributed by atoms with Gasteiger partial charge in [0.1, 0.15) is 11.5 Å². The van der Waals surface area contributed by atoms with Crippen molar-refractivity contribution in [2.24, 2.45) is 0 Å². The zero-order valence-corrected chi connectivity index (χ0v) is 14.7. The third kappa shape index (κ3) is 3.20. The number of benzene rings is 1. The van der Waals surface area contributed by atoms with Gasteiger partial charge in [-0.2, -0.15) is 0 Å². The first-order valence-corrected chi connectivity index (χ1v) is 8.88. The van der Waals surface area contributed by atoms with Crippen molar-refractivity contribution >= 4 is 28.2 Å². The fraction of sp³-hybridized carbons (Fsp3) is 0.333. The highest BCUT2D eigenvalue weighted by Gasteiger charge is 2.30. The Balaban J connectivity index is 1.94. The lowest BCUT2D eigenvalue weighted by Crippen LogP contribution is -3.11. The first kappa shape index (κ1) is 16.7. The normalized spacial score (nSPS) is 16.3. The van der Waals surface area contributed by atoms with Crippen LogP contribution in [0.2, 0.25) is 0 Å². The van der Waals surface area contributed by atoms with E-state index in [-0.39, 0.29) is 11.9 Å². The average Bonchev–Trinajstić information content (AvgIpc) is 2.98. The molecule has 0 radical (unpaired) electrons. The van der Waals surface area contributed by atoms with Gasteiger partial charge in [0, 0.05) is 12.0 Å². The summed E-state index contributed by atoms with van der Waals surface area (Å²) in [6.07, 6.45) is 0.834. The monoisotopic (exact) mass is 345 g/mol. The number of amides is 1. The Hall–Kier alpha value is -2.18. The van der Waals surface area contributed by atoms with E-state index in [2.05, 4.69) is 12.2 Å². The summed E-state index contributed by atoms with van der Waals surface area (Å²) in [5, 5.41) is 3.50. The Bertz CT molecular complexity index is 755. The summed E-state index contributed by atoms with van der Waals surface area (Å²) >= 11 is 1.49. The Morgan fingerprint density at radius 1 is 1.29 bits per heavy atom. The summed E-state index contributed by atoms with van der Waals surface area (Å²) in [5.74, 6) is -0.588. The molecule has 126 valence electrons. The van der Waals surface area contributed by atoms with Crippen molar-refractivity contribution in [2.45, 2.75) is 19.9 Å². The summed E-state index contributed by atoms with van der Waals surface area (Å²) in [5.41, 5.74) is 2.13. The van der Waals surface area contributed by atoms with E-state index >= 15 is 0 Å². The van der Waals surface area contributed by atoms with Gasteiger partial charge in [-0.1, -0.05) is 18.2 Å². The summed E-state index contributed by atoms with van der Waals surface area (Å²) in [7, 11) is 1.38. The molecule has 0 saturated heterocycles. The molecule has 1 aromatic carbocycles. The SMILES string of the molecule is CC[NH+]1CCc2c(sc(NC(=O)c3ccccc3)c2C(=O)OC)C1. The van der Waals surface area contributed by atoms with Gasteiger partial charge >= 0.3 is 5.97 Å². The third-order valence-electron chi connectivity index (χ3n) is 4.38. The number of carbonyl (C=O) groups is 2. The van der Waals surface area contributed by atoms with Crippen LogP contribution in [0, 0.1) is 0 Å². The van der Waals surface area contributed by atoms with Crippen LogP contribution >= 0.6 is 11.3 Å². The molecule has 0 saturated carbocycles. The van der Waals surface area contributed by atoms with E-state index in [0.29, 0.717) is 16.1 Å². The number of ether oxygens (including phenoxy) is 1. The number of hydrogen-bond donors (Lipinski definition) is 2. The average molecular weight is 345 g/mol. The van der Waals surface area contributed by atoms with Gasteiger partial charge in [-0.25, -0.2) is 4.79 Å². The van der Waals surface area contributed by atoms with Crippen molar-refractivity contribution in [3.63, 3.8) is 0 Å². The van der Waals surface area contributed by atoms with Crippen molar-refractivity contribution in [3.8, 4) is 0 Å². The molecule has 2 heterocycles. The third-order valence-corrected chi connectivity index (χ3v) is 5.53. The number of fused-ring (bicyclic) bond motifs is 1. The smallest absolute Gasteiger partial charge is 0.341 e. The number of likely N-dealkylation sites (N-methyl/N-ethyl adjacent to an activating group) is 1. The highest BCUT2D eigenvalue weighted by Crippen LogP contribution is 2.35. The molecular weight excluding hydrogens is 324 g/mol. The van der Waals surface area contributed by atoms with E-state index in [1.54, 1.807) is 12.1 Å². The van der Waals surface area contributed by atoms with Gasteiger partial charge < -0.3 is 15.0 Å². The fourth-order valence-electron chi connectivity index (χ4n) is 3.01. The molecule has 3 rings (SSSR count). The number of esters is 1. The largest absolute Gasteiger partial charge is 0.465 e. The van der Waals surface area contributed by atoms with Crippen LogP contribution in [0.15, 0.2) is 30.3 Å². The lowest BCUT2D eigenvalue weighted by Gasteiger charge is -2.22. The minimum atomic E-state index is -0.379. The van der Waals surface area contributed by atoms with Crippen LogP contribution in [-0.4, -0.2) is 32.1 Å². The maximum Gasteiger partial charge on any atom is 0.341 e. The first-order valence-electron chi connectivity index (χ1n) is 8.06. The Morgan fingerprint density at radius 2 is 2.04 bits per heavy atom. The number of thiophene rings is 1. The molecule has 2 N–H and O–H groups in total. The molecule has 1 aliphatic rings. The molecule has 1 unspecified atom stereocenters. The molecule has 1 amide bonds. The number of carbonyl (C=O) groups excluding carboxylic acids is 2. The highest BCUT2D eigenvalue weighted by molar-refractivity contribution is 7.17. The number of hydrogen-bond acceptors (Lipinski definition) is 4. The van der Waals surface area contributed by atoms with Crippen molar-refractivity contribution in [3.05, 3.63) is 51.9 Å². The molecule has 1 aliphatic heterocycles. The summed E-state index contributed by atoms with van der Waals surface area (Å²) in [6.45, 7) is 5.10. The number of quaternary nitrogens is 1. The van der Waals surface area contributed by atoms with Crippen LogP contribution in [0.3, 0.4) is 0 Å². The van der Waals surface area contributed by atoms with Crippen LogP contribution in [0.4, 0.5) is 5.00 Å². The molecule has 0 spiro atoms. The van der Waals surface area contributed by atoms with Gasteiger partial charge in [-0.15, -0.1) is 11.3 Å². The number of methoxy groups -OCH3 is 1. The van der Waals surface area contributed by atoms with Gasteiger partial charge in [-0.3, -0.25) is 4.79 Å². The quantitative estimate of drug-likeness (QED) is 0.830. The predicted octanol–water partition coefficient (Wildman–Crippen LogP) is 1.75. The second-order valence-corrected chi connectivity index (χ2v) is 6.91. The molecule has 1 aromatic heterocycles. The van der Waals surface area contributed by atoms with E-state index in [0.717, 1.165) is 31.6 Å². The van der Waals surface area contributed by atoms with Crippen molar-refractivity contribution in [1.82, 2.24) is 0 Å². The Labute approximate surface area is 145 Å². The number of anilines is 1. The maximum atomic E-state index is 12.4. The van der Waals surface area contributed by atoms with Crippen molar-refractivity contribution in [2.75, 3.05) is 25.5 Å². The molecule has 5 nitrogen and oxygen atoms in total. The standard InChI is InChI=1S/C18H20N2O3S/c1-3-20-10-9-13-14(11-20)24-17(15(13)18(22)23-2)19-16(21)12-7-5-4-6-8-12/h4-8H,3,9-11H2,1-2H3,(H,19,21)/p+1. The Kier molecular flexibility index (Phi) is 4.97. The number of nitrogens with one attached hydrogen (secondary N) is 2. The Morgan fingerprint density at radius 3 is 2.71 bits per heavy atom. The predicted molar refractivity (Wildman–Crippen MR) is 93.8 cm³/mol. The summed E-state index contributed by atoms with van der Waals surface area (Å²) in [4.78, 5) is 27.4. The minimum absolute atomic E-state index is 0.209. The molecule has 0 aliphatic carbocycles. The summed E-state index contributed by atoms with van der Waals surface area (Å²) < 4.78 is 4.95. The molecule has 6 heteroatoms. The minimum Gasteiger partial charge on any atom is -0.465 e. The summed E-state index contributed by atoms with van der Waals surface area (Å²) in [6, 6.07) is 9.01. The second kappa shape index (κ2) is 7.15. The molecule has 0 fully saturated rings. The van der Waals surface area contributed by atoms with E-state index in [4.69, 9.17) is 4.74 Å². The van der Waals surface area contributed by atoms with E-state index in [1.165, 1.54) is 28.2 Å². The molecule has 2 aromatic rings. The van der Waals surface area contributed by atoms with Crippen molar-refractivity contribution in [1.29, 1.82) is 0 Å². The molecule has 0 bridgehead atoms. The number of rotatable bonds is 4. The lowest BCUT2D eigenvalue weighted by molar-refractivity contribution is -0.913. The second-order valence-electron chi connectivity index (χ2n) is 5.80. The van der Waals surface area contributed by atoms with Gasteiger partial charge in [0.2, 0.25) is 0 Å². The molecular formula is C18H21N2O3S+. The van der Waals surface area contributed by atoms with Crippen LogP contribution in [0.5, 0.6) is 0 Å².